The molecule has 4 rings (SSSR count). The lowest BCUT2D eigenvalue weighted by Gasteiger charge is -2.25. The summed E-state index contributed by atoms with van der Waals surface area (Å²) in [5.41, 5.74) is 1.16. The van der Waals surface area contributed by atoms with Crippen LogP contribution in [0.4, 0.5) is 5.69 Å². The SMILES string of the molecule is O=C(CCC(=O)c1ccccc1)OCC(=O)N(Cc1cccs1)c1ccc2c(c1)OCCO2. The number of amides is 1. The highest BCUT2D eigenvalue weighted by molar-refractivity contribution is 7.09. The number of Topliss-reactive ketones (excluding diaryl/α,β-unsaturated/α-hetero) is 1. The van der Waals surface area contributed by atoms with Crippen molar-refractivity contribution in [2.45, 2.75) is 19.4 Å². The molecule has 3 aromatic rings. The van der Waals surface area contributed by atoms with Crippen LogP contribution >= 0.6 is 11.3 Å². The molecule has 0 saturated heterocycles. The summed E-state index contributed by atoms with van der Waals surface area (Å²) in [5.74, 6) is 0.0883. The van der Waals surface area contributed by atoms with E-state index >= 15 is 0 Å². The Kier molecular flexibility index (Phi) is 7.36. The topological polar surface area (TPSA) is 82.1 Å². The quantitative estimate of drug-likeness (QED) is 0.347. The Morgan fingerprint density at radius 3 is 2.45 bits per heavy atom. The highest BCUT2D eigenvalue weighted by Gasteiger charge is 2.22. The van der Waals surface area contributed by atoms with Crippen LogP contribution in [0.25, 0.3) is 0 Å². The normalized spacial score (nSPS) is 12.1. The highest BCUT2D eigenvalue weighted by Crippen LogP contribution is 2.34. The number of fused-ring (bicyclic) bond motifs is 1. The second kappa shape index (κ2) is 10.8. The summed E-state index contributed by atoms with van der Waals surface area (Å²) in [4.78, 5) is 39.9. The van der Waals surface area contributed by atoms with Crippen LogP contribution in [0.3, 0.4) is 0 Å². The van der Waals surface area contributed by atoms with Crippen LogP contribution < -0.4 is 14.4 Å². The average molecular weight is 466 g/mol. The van der Waals surface area contributed by atoms with Crippen LogP contribution in [0.2, 0.25) is 0 Å². The largest absolute Gasteiger partial charge is 0.486 e. The van der Waals surface area contributed by atoms with Gasteiger partial charge in [0.1, 0.15) is 13.2 Å². The van der Waals surface area contributed by atoms with Crippen molar-refractivity contribution >= 4 is 34.7 Å². The summed E-state index contributed by atoms with van der Waals surface area (Å²) in [5, 5.41) is 1.94. The number of esters is 1. The minimum absolute atomic E-state index is 0.0259. The van der Waals surface area contributed by atoms with Gasteiger partial charge in [-0.3, -0.25) is 14.4 Å². The monoisotopic (exact) mass is 465 g/mol. The Labute approximate surface area is 195 Å². The van der Waals surface area contributed by atoms with Gasteiger partial charge in [-0.15, -0.1) is 11.3 Å². The van der Waals surface area contributed by atoms with Crippen molar-refractivity contribution in [2.75, 3.05) is 24.7 Å². The minimum atomic E-state index is -0.592. The Morgan fingerprint density at radius 2 is 1.70 bits per heavy atom. The summed E-state index contributed by atoms with van der Waals surface area (Å²) in [6.45, 7) is 0.833. The number of carbonyl (C=O) groups is 3. The smallest absolute Gasteiger partial charge is 0.306 e. The van der Waals surface area contributed by atoms with Gasteiger partial charge in [0, 0.05) is 28.6 Å². The third-order valence-electron chi connectivity index (χ3n) is 5.04. The van der Waals surface area contributed by atoms with Gasteiger partial charge in [-0.05, 0) is 23.6 Å². The molecule has 0 fully saturated rings. The maximum atomic E-state index is 13.0. The van der Waals surface area contributed by atoms with Crippen molar-refractivity contribution in [3.63, 3.8) is 0 Å². The van der Waals surface area contributed by atoms with Gasteiger partial charge in [0.25, 0.3) is 5.91 Å². The van der Waals surface area contributed by atoms with Crippen LogP contribution in [0, 0.1) is 0 Å². The van der Waals surface area contributed by atoms with E-state index in [1.54, 1.807) is 47.4 Å². The van der Waals surface area contributed by atoms with Crippen LogP contribution in [0.15, 0.2) is 66.0 Å². The molecule has 8 heteroatoms. The molecular formula is C25H23NO6S. The molecule has 2 heterocycles. The van der Waals surface area contributed by atoms with E-state index in [4.69, 9.17) is 14.2 Å². The van der Waals surface area contributed by atoms with Gasteiger partial charge in [-0.1, -0.05) is 36.4 Å². The fraction of sp³-hybridized carbons (Fsp3) is 0.240. The molecule has 0 bridgehead atoms. The highest BCUT2D eigenvalue weighted by atomic mass is 32.1. The number of ketones is 1. The van der Waals surface area contributed by atoms with Gasteiger partial charge in [0.2, 0.25) is 0 Å². The van der Waals surface area contributed by atoms with Crippen LogP contribution in [0.1, 0.15) is 28.1 Å². The molecule has 1 amide bonds. The van der Waals surface area contributed by atoms with Crippen molar-refractivity contribution in [3.8, 4) is 11.5 Å². The van der Waals surface area contributed by atoms with Crippen LogP contribution in [-0.4, -0.2) is 37.5 Å². The van der Waals surface area contributed by atoms with Crippen molar-refractivity contribution in [1.29, 1.82) is 0 Å². The zero-order chi connectivity index (χ0) is 23.0. The summed E-state index contributed by atoms with van der Waals surface area (Å²) in [7, 11) is 0. The van der Waals surface area contributed by atoms with E-state index in [1.165, 1.54) is 11.3 Å². The molecule has 33 heavy (non-hydrogen) atoms. The van der Waals surface area contributed by atoms with Crippen molar-refractivity contribution in [2.24, 2.45) is 0 Å². The lowest BCUT2D eigenvalue weighted by atomic mass is 10.1. The van der Waals surface area contributed by atoms with Crippen LogP contribution in [-0.2, 0) is 20.9 Å². The van der Waals surface area contributed by atoms with E-state index in [1.807, 2.05) is 23.6 Å². The predicted octanol–water partition coefficient (Wildman–Crippen LogP) is 4.26. The zero-order valence-corrected chi connectivity index (χ0v) is 18.7. The number of thiophene rings is 1. The van der Waals surface area contributed by atoms with E-state index < -0.39 is 12.6 Å². The third-order valence-corrected chi connectivity index (χ3v) is 5.90. The van der Waals surface area contributed by atoms with Gasteiger partial charge in [-0.25, -0.2) is 0 Å². The molecule has 0 spiro atoms. The fourth-order valence-electron chi connectivity index (χ4n) is 3.36. The number of ether oxygens (including phenoxy) is 3. The molecular weight excluding hydrogens is 442 g/mol. The molecule has 1 aliphatic heterocycles. The molecule has 170 valence electrons. The molecule has 0 aliphatic carbocycles. The molecule has 0 N–H and O–H groups in total. The molecule has 0 radical (unpaired) electrons. The minimum Gasteiger partial charge on any atom is -0.486 e. The van der Waals surface area contributed by atoms with E-state index in [9.17, 15) is 14.4 Å². The van der Waals surface area contributed by atoms with Crippen molar-refractivity contribution in [3.05, 3.63) is 76.5 Å². The van der Waals surface area contributed by atoms with E-state index in [0.29, 0.717) is 42.5 Å². The average Bonchev–Trinajstić information content (AvgIpc) is 3.38. The first-order valence-electron chi connectivity index (χ1n) is 10.6. The first-order valence-corrected chi connectivity index (χ1v) is 11.4. The third kappa shape index (κ3) is 5.98. The Balaban J connectivity index is 1.38. The van der Waals surface area contributed by atoms with Gasteiger partial charge in [-0.2, -0.15) is 0 Å². The standard InChI is InChI=1S/C25H23NO6S/c27-21(18-5-2-1-3-6-18)9-11-25(29)32-17-24(28)26(16-20-7-4-14-33-20)19-8-10-22-23(15-19)31-13-12-30-22/h1-8,10,14-15H,9,11-13,16-17H2. The molecule has 7 nitrogen and oxygen atoms in total. The maximum absolute atomic E-state index is 13.0. The first kappa shape index (κ1) is 22.5. The number of benzene rings is 2. The maximum Gasteiger partial charge on any atom is 0.306 e. The van der Waals surface area contributed by atoms with E-state index in [2.05, 4.69) is 0 Å². The van der Waals surface area contributed by atoms with E-state index in [-0.39, 0.29) is 24.5 Å². The van der Waals surface area contributed by atoms with Gasteiger partial charge in [0.05, 0.1) is 13.0 Å². The number of rotatable bonds is 9. The van der Waals surface area contributed by atoms with Crippen molar-refractivity contribution in [1.82, 2.24) is 0 Å². The summed E-state index contributed by atoms with van der Waals surface area (Å²) in [6.07, 6.45) is -0.0614. The molecule has 1 aromatic heterocycles. The molecule has 2 aromatic carbocycles. The molecule has 1 aliphatic rings. The molecule has 0 saturated carbocycles. The second-order valence-electron chi connectivity index (χ2n) is 7.34. The lowest BCUT2D eigenvalue weighted by Crippen LogP contribution is -2.34. The van der Waals surface area contributed by atoms with Gasteiger partial charge >= 0.3 is 5.97 Å². The Morgan fingerprint density at radius 1 is 0.909 bits per heavy atom. The first-order chi connectivity index (χ1) is 16.1. The van der Waals surface area contributed by atoms with E-state index in [0.717, 1.165) is 4.88 Å². The zero-order valence-electron chi connectivity index (χ0n) is 17.9. The van der Waals surface area contributed by atoms with Gasteiger partial charge < -0.3 is 19.1 Å². The lowest BCUT2D eigenvalue weighted by molar-refractivity contribution is -0.147. The fourth-order valence-corrected chi connectivity index (χ4v) is 4.05. The number of hydrogen-bond acceptors (Lipinski definition) is 7. The predicted molar refractivity (Wildman–Crippen MR) is 124 cm³/mol. The Bertz CT molecular complexity index is 1110. The summed E-state index contributed by atoms with van der Waals surface area (Å²) < 4.78 is 16.4. The number of hydrogen-bond donors (Lipinski definition) is 0. The summed E-state index contributed by atoms with van der Waals surface area (Å²) in [6, 6.07) is 17.9. The molecule has 0 unspecified atom stereocenters. The number of carbonyl (C=O) groups excluding carboxylic acids is 3. The number of anilines is 1. The summed E-state index contributed by atoms with van der Waals surface area (Å²) >= 11 is 1.53. The second-order valence-corrected chi connectivity index (χ2v) is 8.37. The molecule has 0 atom stereocenters. The number of nitrogens with zero attached hydrogens (tertiary/aromatic N) is 1. The van der Waals surface area contributed by atoms with Crippen molar-refractivity contribution < 1.29 is 28.6 Å². The Hall–Kier alpha value is -3.65. The van der Waals surface area contributed by atoms with Crippen LogP contribution in [0.5, 0.6) is 11.5 Å². The van der Waals surface area contributed by atoms with Gasteiger partial charge in [0.15, 0.2) is 23.9 Å².